The first-order valence-electron chi connectivity index (χ1n) is 15.2. The van der Waals surface area contributed by atoms with Crippen LogP contribution in [0.25, 0.3) is 0 Å². The van der Waals surface area contributed by atoms with Crippen molar-refractivity contribution in [3.63, 3.8) is 0 Å². The number of aromatic nitrogens is 2. The molecular formula is C31H54N6O3. The van der Waals surface area contributed by atoms with E-state index in [0.717, 1.165) is 49.7 Å². The van der Waals surface area contributed by atoms with Crippen molar-refractivity contribution in [1.82, 2.24) is 25.7 Å². The first kappa shape index (κ1) is 32.1. The standard InChI is InChI=1S/C31H54N6O3/c1-20-21(2)34-25(33-20)14-12-10-11-13-15-31(9)16-18-37(19-17-31)28-26(27(29(38)39)40-30(6,7)8)24(5)32-22(3)23(4)35-36-28/h22-23,27,35-36H,10-19H2,1-9H3,(H,33,34)(H,38,39)/t22-,23?,27+/m1/s1. The van der Waals surface area contributed by atoms with E-state index in [-0.39, 0.29) is 12.1 Å². The predicted octanol–water partition coefficient (Wildman–Crippen LogP) is 5.45. The summed E-state index contributed by atoms with van der Waals surface area (Å²) in [5, 5.41) is 10.2. The van der Waals surface area contributed by atoms with Gasteiger partial charge in [0.1, 0.15) is 11.6 Å². The van der Waals surface area contributed by atoms with Gasteiger partial charge in [0.25, 0.3) is 0 Å². The van der Waals surface area contributed by atoms with Gasteiger partial charge in [0.05, 0.1) is 22.9 Å². The molecule has 1 aromatic heterocycles. The molecule has 0 saturated carbocycles. The molecule has 0 aliphatic carbocycles. The largest absolute Gasteiger partial charge is 0.479 e. The Kier molecular flexibility index (Phi) is 10.9. The highest BCUT2D eigenvalue weighted by atomic mass is 16.5. The fraction of sp³-hybridized carbons (Fsp3) is 0.774. The second-order valence-electron chi connectivity index (χ2n) is 13.3. The van der Waals surface area contributed by atoms with E-state index in [1.54, 1.807) is 0 Å². The van der Waals surface area contributed by atoms with Gasteiger partial charge < -0.3 is 25.2 Å². The van der Waals surface area contributed by atoms with E-state index < -0.39 is 17.7 Å². The number of hydrogen-bond acceptors (Lipinski definition) is 7. The number of carboxylic acid groups (broad SMARTS) is 1. The van der Waals surface area contributed by atoms with Gasteiger partial charge in [0.15, 0.2) is 6.10 Å². The molecule has 4 N–H and O–H groups in total. The highest BCUT2D eigenvalue weighted by Gasteiger charge is 2.37. The monoisotopic (exact) mass is 558 g/mol. The summed E-state index contributed by atoms with van der Waals surface area (Å²) in [6.07, 6.45) is 8.14. The lowest BCUT2D eigenvalue weighted by Gasteiger charge is -2.43. The van der Waals surface area contributed by atoms with Crippen molar-refractivity contribution in [2.24, 2.45) is 10.4 Å². The van der Waals surface area contributed by atoms with Crippen LogP contribution >= 0.6 is 0 Å². The number of piperidine rings is 1. The fourth-order valence-corrected chi connectivity index (χ4v) is 5.64. The lowest BCUT2D eigenvalue weighted by atomic mass is 9.76. The molecule has 226 valence electrons. The lowest BCUT2D eigenvalue weighted by Crippen LogP contribution is -2.53. The van der Waals surface area contributed by atoms with Crippen LogP contribution in [-0.4, -0.2) is 68.5 Å². The molecule has 0 amide bonds. The third-order valence-corrected chi connectivity index (χ3v) is 8.55. The maximum absolute atomic E-state index is 12.5. The van der Waals surface area contributed by atoms with E-state index in [2.05, 4.69) is 53.4 Å². The Morgan fingerprint density at radius 1 is 1.12 bits per heavy atom. The van der Waals surface area contributed by atoms with Gasteiger partial charge in [-0.25, -0.2) is 15.2 Å². The van der Waals surface area contributed by atoms with Crippen LogP contribution < -0.4 is 10.9 Å². The number of unbranched alkanes of at least 4 members (excludes halogenated alkanes) is 3. The van der Waals surface area contributed by atoms with Crippen molar-refractivity contribution in [1.29, 1.82) is 0 Å². The van der Waals surface area contributed by atoms with Crippen LogP contribution in [0.15, 0.2) is 16.4 Å². The third kappa shape index (κ3) is 8.80. The maximum atomic E-state index is 12.5. The second kappa shape index (κ2) is 13.5. The number of carbonyl (C=O) groups is 1. The molecule has 3 heterocycles. The van der Waals surface area contributed by atoms with Crippen LogP contribution in [0.1, 0.15) is 111 Å². The number of aliphatic carboxylic acids is 1. The van der Waals surface area contributed by atoms with Crippen molar-refractivity contribution in [2.75, 3.05) is 13.1 Å². The normalized spacial score (nSPS) is 22.8. The Morgan fingerprint density at radius 3 is 2.35 bits per heavy atom. The van der Waals surface area contributed by atoms with Crippen LogP contribution in [0.4, 0.5) is 0 Å². The zero-order valence-electron chi connectivity index (χ0n) is 26.4. The Hall–Kier alpha value is -2.39. The molecule has 3 atom stereocenters. The molecule has 0 aromatic carbocycles. The molecule has 40 heavy (non-hydrogen) atoms. The number of H-pyrrole nitrogens is 1. The van der Waals surface area contributed by atoms with Crippen molar-refractivity contribution < 1.29 is 14.6 Å². The summed E-state index contributed by atoms with van der Waals surface area (Å²) in [7, 11) is 0. The molecular weight excluding hydrogens is 504 g/mol. The summed E-state index contributed by atoms with van der Waals surface area (Å²) in [6, 6.07) is 0.0827. The number of hydrazine groups is 1. The highest BCUT2D eigenvalue weighted by molar-refractivity contribution is 6.04. The number of aryl methyl sites for hydroxylation is 3. The molecule has 1 saturated heterocycles. The number of likely N-dealkylation sites (tertiary alicyclic amines) is 1. The summed E-state index contributed by atoms with van der Waals surface area (Å²) in [5.74, 6) is 0.892. The molecule has 3 rings (SSSR count). The summed E-state index contributed by atoms with van der Waals surface area (Å²) in [5.41, 5.74) is 10.1. The molecule has 0 spiro atoms. The maximum Gasteiger partial charge on any atom is 0.337 e. The topological polar surface area (TPSA) is 115 Å². The van der Waals surface area contributed by atoms with Gasteiger partial charge in [0, 0.05) is 37.0 Å². The van der Waals surface area contributed by atoms with Gasteiger partial charge in [0.2, 0.25) is 0 Å². The molecule has 9 heteroatoms. The number of hydrogen-bond donors (Lipinski definition) is 4. The predicted molar refractivity (Wildman–Crippen MR) is 161 cm³/mol. The Morgan fingerprint density at radius 2 is 1.77 bits per heavy atom. The van der Waals surface area contributed by atoms with E-state index in [1.165, 1.54) is 37.8 Å². The Labute approximate surface area is 241 Å². The molecule has 9 nitrogen and oxygen atoms in total. The van der Waals surface area contributed by atoms with Gasteiger partial charge in [-0.2, -0.15) is 0 Å². The smallest absolute Gasteiger partial charge is 0.337 e. The van der Waals surface area contributed by atoms with Crippen molar-refractivity contribution >= 4 is 11.7 Å². The Balaban J connectivity index is 1.65. The van der Waals surface area contributed by atoms with Gasteiger partial charge in [-0.15, -0.1) is 0 Å². The molecule has 1 unspecified atom stereocenters. The minimum Gasteiger partial charge on any atom is -0.479 e. The number of ether oxygens (including phenoxy) is 1. The first-order chi connectivity index (χ1) is 18.7. The zero-order valence-corrected chi connectivity index (χ0v) is 26.4. The minimum absolute atomic E-state index is 0.00917. The van der Waals surface area contributed by atoms with Crippen LogP contribution in [0, 0.1) is 19.3 Å². The average Bonchev–Trinajstić information content (AvgIpc) is 3.18. The number of aliphatic imine (C=N–C) groups is 1. The minimum atomic E-state index is -1.11. The molecule has 2 aliphatic rings. The van der Waals surface area contributed by atoms with Crippen LogP contribution in [0.3, 0.4) is 0 Å². The fourth-order valence-electron chi connectivity index (χ4n) is 5.64. The van der Waals surface area contributed by atoms with Gasteiger partial charge >= 0.3 is 5.97 Å². The van der Waals surface area contributed by atoms with Crippen molar-refractivity contribution in [3.05, 3.63) is 28.6 Å². The van der Waals surface area contributed by atoms with Gasteiger partial charge in [-0.3, -0.25) is 4.99 Å². The first-order valence-corrected chi connectivity index (χ1v) is 15.2. The quantitative estimate of drug-likeness (QED) is 0.267. The number of carboxylic acids is 1. The number of nitrogens with one attached hydrogen (secondary N) is 3. The van der Waals surface area contributed by atoms with E-state index >= 15 is 0 Å². The number of aromatic amines is 1. The van der Waals surface area contributed by atoms with E-state index in [4.69, 9.17) is 9.73 Å². The molecule has 1 aromatic rings. The molecule has 2 aliphatic heterocycles. The van der Waals surface area contributed by atoms with Crippen molar-refractivity contribution in [2.45, 2.75) is 137 Å². The zero-order chi connectivity index (χ0) is 29.7. The molecule has 1 fully saturated rings. The van der Waals surface area contributed by atoms with Crippen LogP contribution in [0.2, 0.25) is 0 Å². The van der Waals surface area contributed by atoms with Gasteiger partial charge in [-0.05, 0) is 86.5 Å². The van der Waals surface area contributed by atoms with E-state index in [0.29, 0.717) is 16.7 Å². The van der Waals surface area contributed by atoms with Crippen LogP contribution in [-0.2, 0) is 16.0 Å². The van der Waals surface area contributed by atoms with Crippen molar-refractivity contribution in [3.8, 4) is 0 Å². The van der Waals surface area contributed by atoms with E-state index in [1.807, 2.05) is 34.6 Å². The van der Waals surface area contributed by atoms with E-state index in [9.17, 15) is 9.90 Å². The Bertz CT molecular complexity index is 1040. The number of rotatable bonds is 11. The highest BCUT2D eigenvalue weighted by Crippen LogP contribution is 2.38. The summed E-state index contributed by atoms with van der Waals surface area (Å²) < 4.78 is 6.11. The summed E-state index contributed by atoms with van der Waals surface area (Å²) >= 11 is 0. The van der Waals surface area contributed by atoms with Crippen LogP contribution in [0.5, 0.6) is 0 Å². The van der Waals surface area contributed by atoms with Gasteiger partial charge in [-0.1, -0.05) is 26.2 Å². The molecule has 0 radical (unpaired) electrons. The summed E-state index contributed by atoms with van der Waals surface area (Å²) in [4.78, 5) is 27.7. The number of nitrogens with zero attached hydrogens (tertiary/aromatic N) is 3. The second-order valence-corrected chi connectivity index (χ2v) is 13.3. The molecule has 0 bridgehead atoms. The lowest BCUT2D eigenvalue weighted by molar-refractivity contribution is -0.155. The third-order valence-electron chi connectivity index (χ3n) is 8.55. The SMILES string of the molecule is CC1=N[C@H](C)C(C)NNC(N2CCC(C)(CCCCCCc3nc(C)c(C)[nH]3)CC2)=C1[C@H](OC(C)(C)C)C(=O)O. The summed E-state index contributed by atoms with van der Waals surface area (Å²) in [6.45, 7) is 20.0. The average molecular weight is 559 g/mol. The number of imidazole rings is 1.